The molecule has 3 aliphatic rings. The number of rotatable bonds is 6. The highest BCUT2D eigenvalue weighted by atomic mass is 16.5. The standard InChI is InChI=1S/C26H28N2O6/c29-23-10-9-15-12-28(13-20(15)23)25(32)22(11-24(30)31)27-26(33)34-14-21-18-7-3-1-5-16(18)17-6-2-4-8-19(17)21/h1-8,15,20-23,29H,9-14H2,(H,27,33)(H,30,31)/t15-,20+,22?,23?/m1/s1. The summed E-state index contributed by atoms with van der Waals surface area (Å²) in [6, 6.07) is 14.7. The Hall–Kier alpha value is -3.39. The van der Waals surface area contributed by atoms with Gasteiger partial charge < -0.3 is 25.2 Å². The molecule has 2 unspecified atom stereocenters. The molecule has 8 nitrogen and oxygen atoms in total. The minimum Gasteiger partial charge on any atom is -0.481 e. The van der Waals surface area contributed by atoms with Crippen molar-refractivity contribution >= 4 is 18.0 Å². The number of hydrogen-bond donors (Lipinski definition) is 3. The summed E-state index contributed by atoms with van der Waals surface area (Å²) in [6.07, 6.45) is -0.207. The van der Waals surface area contributed by atoms with Gasteiger partial charge in [0.05, 0.1) is 12.5 Å². The largest absolute Gasteiger partial charge is 0.481 e. The average Bonchev–Trinajstić information content (AvgIpc) is 3.49. The van der Waals surface area contributed by atoms with Crippen LogP contribution < -0.4 is 5.32 Å². The maximum Gasteiger partial charge on any atom is 0.407 e. The zero-order valence-corrected chi connectivity index (χ0v) is 18.7. The minimum atomic E-state index is -1.22. The van der Waals surface area contributed by atoms with E-state index in [0.29, 0.717) is 13.1 Å². The molecule has 0 spiro atoms. The molecule has 1 heterocycles. The number of carboxylic acid groups (broad SMARTS) is 1. The number of ether oxygens (including phenoxy) is 1. The Morgan fingerprint density at radius 1 is 1.00 bits per heavy atom. The lowest BCUT2D eigenvalue weighted by Gasteiger charge is -2.24. The number of benzene rings is 2. The normalized spacial score (nSPS) is 23.7. The van der Waals surface area contributed by atoms with E-state index in [1.807, 2.05) is 48.5 Å². The maximum absolute atomic E-state index is 13.1. The van der Waals surface area contributed by atoms with Crippen molar-refractivity contribution in [1.82, 2.24) is 10.2 Å². The molecule has 1 aliphatic heterocycles. The molecule has 2 aliphatic carbocycles. The first-order valence-electron chi connectivity index (χ1n) is 11.7. The van der Waals surface area contributed by atoms with Gasteiger partial charge in [0.1, 0.15) is 12.6 Å². The van der Waals surface area contributed by atoms with Crippen molar-refractivity contribution in [2.24, 2.45) is 11.8 Å². The van der Waals surface area contributed by atoms with Crippen LogP contribution >= 0.6 is 0 Å². The number of aliphatic carboxylic acids is 1. The van der Waals surface area contributed by atoms with Crippen LogP contribution in [0.15, 0.2) is 48.5 Å². The SMILES string of the molecule is O=C(O)CC(NC(=O)OCC1c2ccccc2-c2ccccc21)C(=O)N1C[C@H]2CCC(O)[C@H]2C1. The quantitative estimate of drug-likeness (QED) is 0.605. The zero-order chi connectivity index (χ0) is 23.8. The number of carbonyl (C=O) groups excluding carboxylic acids is 2. The molecule has 8 heteroatoms. The number of amides is 2. The van der Waals surface area contributed by atoms with Crippen LogP contribution in [0.25, 0.3) is 11.1 Å². The molecule has 5 rings (SSSR count). The number of aliphatic hydroxyl groups excluding tert-OH is 1. The first-order chi connectivity index (χ1) is 16.4. The van der Waals surface area contributed by atoms with Gasteiger partial charge in [0.15, 0.2) is 0 Å². The molecular weight excluding hydrogens is 436 g/mol. The lowest BCUT2D eigenvalue weighted by molar-refractivity contribution is -0.142. The summed E-state index contributed by atoms with van der Waals surface area (Å²) in [5, 5.41) is 21.9. The molecule has 4 atom stereocenters. The highest BCUT2D eigenvalue weighted by Gasteiger charge is 2.44. The number of fused-ring (bicyclic) bond motifs is 4. The fourth-order valence-corrected chi connectivity index (χ4v) is 5.79. The molecule has 1 saturated heterocycles. The third kappa shape index (κ3) is 4.14. The van der Waals surface area contributed by atoms with Crippen molar-refractivity contribution in [2.75, 3.05) is 19.7 Å². The molecule has 2 fully saturated rings. The van der Waals surface area contributed by atoms with Gasteiger partial charge in [-0.05, 0) is 41.0 Å². The second-order valence-corrected chi connectivity index (χ2v) is 9.43. The van der Waals surface area contributed by atoms with Gasteiger partial charge in [-0.1, -0.05) is 48.5 Å². The Kier molecular flexibility index (Phi) is 6.00. The van der Waals surface area contributed by atoms with Gasteiger partial charge in [-0.3, -0.25) is 9.59 Å². The van der Waals surface area contributed by atoms with E-state index in [-0.39, 0.29) is 24.4 Å². The number of nitrogens with zero attached hydrogens (tertiary/aromatic N) is 1. The zero-order valence-electron chi connectivity index (χ0n) is 18.7. The smallest absolute Gasteiger partial charge is 0.407 e. The van der Waals surface area contributed by atoms with Crippen molar-refractivity contribution < 1.29 is 29.3 Å². The van der Waals surface area contributed by atoms with Crippen LogP contribution in [-0.4, -0.2) is 64.9 Å². The summed E-state index contributed by atoms with van der Waals surface area (Å²) in [4.78, 5) is 38.7. The van der Waals surface area contributed by atoms with Crippen molar-refractivity contribution in [3.63, 3.8) is 0 Å². The number of carbonyl (C=O) groups is 3. The van der Waals surface area contributed by atoms with E-state index >= 15 is 0 Å². The number of likely N-dealkylation sites (tertiary alicyclic amines) is 1. The van der Waals surface area contributed by atoms with Gasteiger partial charge in [-0.15, -0.1) is 0 Å². The van der Waals surface area contributed by atoms with E-state index in [0.717, 1.165) is 35.1 Å². The topological polar surface area (TPSA) is 116 Å². The second-order valence-electron chi connectivity index (χ2n) is 9.43. The summed E-state index contributed by atoms with van der Waals surface area (Å²) >= 11 is 0. The monoisotopic (exact) mass is 464 g/mol. The van der Waals surface area contributed by atoms with E-state index in [1.54, 1.807) is 4.90 Å². The molecule has 34 heavy (non-hydrogen) atoms. The predicted octanol–water partition coefficient (Wildman–Crippen LogP) is 2.60. The average molecular weight is 465 g/mol. The van der Waals surface area contributed by atoms with Gasteiger partial charge in [0, 0.05) is 24.9 Å². The number of carboxylic acids is 1. The van der Waals surface area contributed by atoms with Crippen LogP contribution in [-0.2, 0) is 14.3 Å². The maximum atomic E-state index is 13.1. The number of alkyl carbamates (subject to hydrolysis) is 1. The van der Waals surface area contributed by atoms with E-state index in [2.05, 4.69) is 5.32 Å². The van der Waals surface area contributed by atoms with Crippen molar-refractivity contribution in [2.45, 2.75) is 37.3 Å². The van der Waals surface area contributed by atoms with Crippen molar-refractivity contribution in [3.8, 4) is 11.1 Å². The first kappa shape index (κ1) is 22.4. The van der Waals surface area contributed by atoms with E-state index in [4.69, 9.17) is 4.74 Å². The first-order valence-corrected chi connectivity index (χ1v) is 11.7. The number of nitrogens with one attached hydrogen (secondary N) is 1. The highest BCUT2D eigenvalue weighted by Crippen LogP contribution is 2.44. The molecule has 2 aromatic rings. The fourth-order valence-electron chi connectivity index (χ4n) is 5.79. The summed E-state index contributed by atoms with van der Waals surface area (Å²) in [7, 11) is 0. The molecule has 1 saturated carbocycles. The van der Waals surface area contributed by atoms with E-state index < -0.39 is 36.5 Å². The summed E-state index contributed by atoms with van der Waals surface area (Å²) < 4.78 is 5.50. The van der Waals surface area contributed by atoms with Crippen LogP contribution in [0.3, 0.4) is 0 Å². The Labute approximate surface area is 197 Å². The van der Waals surface area contributed by atoms with Crippen molar-refractivity contribution in [1.29, 1.82) is 0 Å². The van der Waals surface area contributed by atoms with Crippen molar-refractivity contribution in [3.05, 3.63) is 59.7 Å². The molecule has 2 aromatic carbocycles. The fraction of sp³-hybridized carbons (Fsp3) is 0.423. The molecule has 0 radical (unpaired) electrons. The third-order valence-corrected chi connectivity index (χ3v) is 7.44. The third-order valence-electron chi connectivity index (χ3n) is 7.44. The lowest BCUT2D eigenvalue weighted by atomic mass is 9.98. The summed E-state index contributed by atoms with van der Waals surface area (Å²) in [6.45, 7) is 0.935. The van der Waals surface area contributed by atoms with Crippen LogP contribution in [0.1, 0.15) is 36.3 Å². The van der Waals surface area contributed by atoms with Gasteiger partial charge in [-0.25, -0.2) is 4.79 Å². The molecule has 3 N–H and O–H groups in total. The molecule has 178 valence electrons. The highest BCUT2D eigenvalue weighted by molar-refractivity contribution is 5.89. The molecule has 2 amide bonds. The Morgan fingerprint density at radius 2 is 1.65 bits per heavy atom. The van der Waals surface area contributed by atoms with Crippen LogP contribution in [0.2, 0.25) is 0 Å². The lowest BCUT2D eigenvalue weighted by Crippen LogP contribution is -2.49. The van der Waals surface area contributed by atoms with Crippen LogP contribution in [0.4, 0.5) is 4.79 Å². The Morgan fingerprint density at radius 3 is 2.26 bits per heavy atom. The van der Waals surface area contributed by atoms with Crippen LogP contribution in [0, 0.1) is 11.8 Å². The van der Waals surface area contributed by atoms with E-state index in [1.165, 1.54) is 0 Å². The Bertz CT molecular complexity index is 1070. The van der Waals surface area contributed by atoms with Gasteiger partial charge in [0.25, 0.3) is 0 Å². The molecular formula is C26H28N2O6. The van der Waals surface area contributed by atoms with Gasteiger partial charge >= 0.3 is 12.1 Å². The predicted molar refractivity (Wildman–Crippen MR) is 123 cm³/mol. The summed E-state index contributed by atoms with van der Waals surface area (Å²) in [5.74, 6) is -1.52. The minimum absolute atomic E-state index is 0.0175. The van der Waals surface area contributed by atoms with E-state index in [9.17, 15) is 24.6 Å². The van der Waals surface area contributed by atoms with Gasteiger partial charge in [-0.2, -0.15) is 0 Å². The summed E-state index contributed by atoms with van der Waals surface area (Å²) in [5.41, 5.74) is 4.34. The molecule has 0 aromatic heterocycles. The number of aliphatic hydroxyl groups is 1. The Balaban J connectivity index is 1.24. The second kappa shape index (κ2) is 9.10. The number of hydrogen-bond acceptors (Lipinski definition) is 5. The molecule has 0 bridgehead atoms. The van der Waals surface area contributed by atoms with Gasteiger partial charge in [0.2, 0.25) is 5.91 Å². The van der Waals surface area contributed by atoms with Crippen LogP contribution in [0.5, 0.6) is 0 Å².